The maximum atomic E-state index is 12.2. The molecule has 1 aromatic carbocycles. The number of benzene rings is 1. The zero-order valence-corrected chi connectivity index (χ0v) is 13.4. The van der Waals surface area contributed by atoms with Gasteiger partial charge in [0.05, 0.1) is 23.4 Å². The predicted octanol–water partition coefficient (Wildman–Crippen LogP) is 1.36. The first kappa shape index (κ1) is 16.0. The highest BCUT2D eigenvalue weighted by Crippen LogP contribution is 2.32. The van der Waals surface area contributed by atoms with Gasteiger partial charge in [-0.1, -0.05) is 30.8 Å². The van der Waals surface area contributed by atoms with Gasteiger partial charge in [0.15, 0.2) is 5.16 Å². The van der Waals surface area contributed by atoms with Gasteiger partial charge in [-0.05, 0) is 12.1 Å². The maximum Gasteiger partial charge on any atom is 0.241 e. The van der Waals surface area contributed by atoms with Gasteiger partial charge in [-0.2, -0.15) is 0 Å². The standard InChI is InChI=1S/C13H17N3O3S2/c1-3-15-21(18,19)12-7-5-4-6-11(12)20-13-14-8-10(9-17)16(13)2/h4-8,15,17H,3,9H2,1-2H3. The van der Waals surface area contributed by atoms with Gasteiger partial charge >= 0.3 is 0 Å². The summed E-state index contributed by atoms with van der Waals surface area (Å²) >= 11 is 1.25. The molecule has 0 saturated heterocycles. The summed E-state index contributed by atoms with van der Waals surface area (Å²) in [5.74, 6) is 0. The van der Waals surface area contributed by atoms with E-state index in [-0.39, 0.29) is 11.5 Å². The molecule has 0 aliphatic rings. The van der Waals surface area contributed by atoms with Crippen LogP contribution in [-0.2, 0) is 23.7 Å². The van der Waals surface area contributed by atoms with E-state index in [2.05, 4.69) is 9.71 Å². The number of aromatic nitrogens is 2. The molecule has 2 aromatic rings. The van der Waals surface area contributed by atoms with Crippen LogP contribution in [0.3, 0.4) is 0 Å². The molecule has 1 aromatic heterocycles. The smallest absolute Gasteiger partial charge is 0.241 e. The quantitative estimate of drug-likeness (QED) is 0.837. The van der Waals surface area contributed by atoms with Crippen molar-refractivity contribution in [3.05, 3.63) is 36.2 Å². The minimum Gasteiger partial charge on any atom is -0.390 e. The minimum absolute atomic E-state index is 0.110. The number of aliphatic hydroxyl groups excluding tert-OH is 1. The molecule has 0 bridgehead atoms. The first-order valence-electron chi connectivity index (χ1n) is 6.37. The summed E-state index contributed by atoms with van der Waals surface area (Å²) in [6.07, 6.45) is 1.57. The summed E-state index contributed by atoms with van der Waals surface area (Å²) in [7, 11) is -1.75. The molecule has 0 radical (unpaired) electrons. The largest absolute Gasteiger partial charge is 0.390 e. The van der Waals surface area contributed by atoms with E-state index in [0.717, 1.165) is 0 Å². The fourth-order valence-corrected chi connectivity index (χ4v) is 4.24. The number of hydrogen-bond acceptors (Lipinski definition) is 5. The lowest BCUT2D eigenvalue weighted by Gasteiger charge is -2.10. The van der Waals surface area contributed by atoms with Gasteiger partial charge in [-0.25, -0.2) is 18.1 Å². The second kappa shape index (κ2) is 6.61. The van der Waals surface area contributed by atoms with Crippen LogP contribution in [0.4, 0.5) is 0 Å². The Morgan fingerprint density at radius 1 is 1.38 bits per heavy atom. The van der Waals surface area contributed by atoms with Gasteiger partial charge < -0.3 is 9.67 Å². The second-order valence-electron chi connectivity index (χ2n) is 4.30. The lowest BCUT2D eigenvalue weighted by Crippen LogP contribution is -2.23. The van der Waals surface area contributed by atoms with Crippen molar-refractivity contribution < 1.29 is 13.5 Å². The van der Waals surface area contributed by atoms with Crippen LogP contribution in [0.2, 0.25) is 0 Å². The molecule has 114 valence electrons. The maximum absolute atomic E-state index is 12.2. The van der Waals surface area contributed by atoms with E-state index in [4.69, 9.17) is 0 Å². The molecule has 6 nitrogen and oxygen atoms in total. The average molecular weight is 327 g/mol. The van der Waals surface area contributed by atoms with E-state index < -0.39 is 10.0 Å². The summed E-state index contributed by atoms with van der Waals surface area (Å²) in [5, 5.41) is 9.80. The molecular weight excluding hydrogens is 310 g/mol. The van der Waals surface area contributed by atoms with E-state index in [1.807, 2.05) is 0 Å². The number of aliphatic hydroxyl groups is 1. The summed E-state index contributed by atoms with van der Waals surface area (Å²) < 4.78 is 28.6. The third-order valence-electron chi connectivity index (χ3n) is 2.88. The number of nitrogens with zero attached hydrogens (tertiary/aromatic N) is 2. The first-order valence-corrected chi connectivity index (χ1v) is 8.67. The molecule has 0 saturated carbocycles. The molecule has 1 heterocycles. The van der Waals surface area contributed by atoms with Crippen molar-refractivity contribution in [3.63, 3.8) is 0 Å². The Morgan fingerprint density at radius 2 is 2.10 bits per heavy atom. The van der Waals surface area contributed by atoms with Crippen molar-refractivity contribution in [2.45, 2.75) is 28.5 Å². The van der Waals surface area contributed by atoms with Crippen molar-refractivity contribution in [1.82, 2.24) is 14.3 Å². The topological polar surface area (TPSA) is 84.2 Å². The lowest BCUT2D eigenvalue weighted by atomic mass is 10.4. The molecule has 0 aliphatic carbocycles. The number of sulfonamides is 1. The van der Waals surface area contributed by atoms with E-state index in [9.17, 15) is 13.5 Å². The molecule has 0 amide bonds. The molecule has 2 N–H and O–H groups in total. The van der Waals surface area contributed by atoms with E-state index in [1.54, 1.807) is 49.0 Å². The number of nitrogens with one attached hydrogen (secondary N) is 1. The molecule has 8 heteroatoms. The molecular formula is C13H17N3O3S2. The van der Waals surface area contributed by atoms with E-state index in [0.29, 0.717) is 22.3 Å². The fourth-order valence-electron chi connectivity index (χ4n) is 1.79. The van der Waals surface area contributed by atoms with Crippen molar-refractivity contribution in [2.24, 2.45) is 7.05 Å². The normalized spacial score (nSPS) is 11.8. The Kier molecular flexibility index (Phi) is 5.04. The summed E-state index contributed by atoms with van der Waals surface area (Å²) in [5.41, 5.74) is 0.671. The highest BCUT2D eigenvalue weighted by atomic mass is 32.2. The van der Waals surface area contributed by atoms with Crippen molar-refractivity contribution in [1.29, 1.82) is 0 Å². The molecule has 0 spiro atoms. The Bertz CT molecular complexity index is 726. The van der Waals surface area contributed by atoms with E-state index in [1.165, 1.54) is 11.8 Å². The first-order chi connectivity index (χ1) is 9.99. The zero-order valence-electron chi connectivity index (χ0n) is 11.8. The third-order valence-corrected chi connectivity index (χ3v) is 5.75. The molecule has 2 rings (SSSR count). The summed E-state index contributed by atoms with van der Waals surface area (Å²) in [6, 6.07) is 6.77. The van der Waals surface area contributed by atoms with Gasteiger partial charge in [-0.15, -0.1) is 0 Å². The van der Waals surface area contributed by atoms with Gasteiger partial charge in [-0.3, -0.25) is 0 Å². The monoisotopic (exact) mass is 327 g/mol. The van der Waals surface area contributed by atoms with Crippen LogP contribution in [0.5, 0.6) is 0 Å². The van der Waals surface area contributed by atoms with Gasteiger partial charge in [0, 0.05) is 18.5 Å². The van der Waals surface area contributed by atoms with Crippen LogP contribution in [0.1, 0.15) is 12.6 Å². The third kappa shape index (κ3) is 3.46. The lowest BCUT2D eigenvalue weighted by molar-refractivity contribution is 0.271. The summed E-state index contributed by atoms with van der Waals surface area (Å²) in [6.45, 7) is 1.96. The van der Waals surface area contributed by atoms with Crippen LogP contribution < -0.4 is 4.72 Å². The predicted molar refractivity (Wildman–Crippen MR) is 80.6 cm³/mol. The highest BCUT2D eigenvalue weighted by molar-refractivity contribution is 8.00. The Balaban J connectivity index is 2.39. The molecule has 21 heavy (non-hydrogen) atoms. The Labute approximate surface area is 128 Å². The van der Waals surface area contributed by atoms with Gasteiger partial charge in [0.1, 0.15) is 0 Å². The van der Waals surface area contributed by atoms with Crippen LogP contribution >= 0.6 is 11.8 Å². The van der Waals surface area contributed by atoms with E-state index >= 15 is 0 Å². The van der Waals surface area contributed by atoms with Crippen molar-refractivity contribution in [3.8, 4) is 0 Å². The minimum atomic E-state index is -3.53. The van der Waals surface area contributed by atoms with Crippen molar-refractivity contribution in [2.75, 3.05) is 6.54 Å². The van der Waals surface area contributed by atoms with Crippen LogP contribution in [0.25, 0.3) is 0 Å². The van der Waals surface area contributed by atoms with Crippen molar-refractivity contribution >= 4 is 21.8 Å². The number of rotatable bonds is 6. The van der Waals surface area contributed by atoms with Crippen LogP contribution in [-0.4, -0.2) is 29.6 Å². The SMILES string of the molecule is CCNS(=O)(=O)c1ccccc1Sc1ncc(CO)n1C. The molecule has 0 fully saturated rings. The van der Waals surface area contributed by atoms with Crippen LogP contribution in [0.15, 0.2) is 45.4 Å². The Hall–Kier alpha value is -1.35. The molecule has 0 atom stereocenters. The number of hydrogen-bond donors (Lipinski definition) is 2. The average Bonchev–Trinajstić information content (AvgIpc) is 2.80. The Morgan fingerprint density at radius 3 is 2.71 bits per heavy atom. The van der Waals surface area contributed by atoms with Crippen LogP contribution in [0, 0.1) is 0 Å². The van der Waals surface area contributed by atoms with Gasteiger partial charge in [0.2, 0.25) is 10.0 Å². The highest BCUT2D eigenvalue weighted by Gasteiger charge is 2.19. The zero-order chi connectivity index (χ0) is 15.5. The number of imidazole rings is 1. The molecule has 0 aliphatic heterocycles. The molecule has 0 unspecified atom stereocenters. The fraction of sp³-hybridized carbons (Fsp3) is 0.308. The second-order valence-corrected chi connectivity index (χ2v) is 7.04. The van der Waals surface area contributed by atoms with Gasteiger partial charge in [0.25, 0.3) is 0 Å². The summed E-state index contributed by atoms with van der Waals surface area (Å²) in [4.78, 5) is 5.02.